The highest BCUT2D eigenvalue weighted by Crippen LogP contribution is 2.23. The molecule has 1 fully saturated rings. The molecule has 0 saturated carbocycles. The predicted octanol–water partition coefficient (Wildman–Crippen LogP) is 4.07. The third-order valence-electron chi connectivity index (χ3n) is 3.87. The van der Waals surface area contributed by atoms with E-state index in [-0.39, 0.29) is 5.82 Å². The van der Waals surface area contributed by atoms with Gasteiger partial charge >= 0.3 is 0 Å². The Balaban J connectivity index is 1.63. The van der Waals surface area contributed by atoms with E-state index in [1.54, 1.807) is 11.3 Å². The summed E-state index contributed by atoms with van der Waals surface area (Å²) < 4.78 is 14.0. The number of rotatable bonds is 3. The Labute approximate surface area is 142 Å². The lowest BCUT2D eigenvalue weighted by Gasteiger charge is -2.22. The van der Waals surface area contributed by atoms with Crippen LogP contribution in [0.4, 0.5) is 9.52 Å². The maximum absolute atomic E-state index is 13.2. The minimum atomic E-state index is -0.197. The van der Waals surface area contributed by atoms with Gasteiger partial charge in [-0.1, -0.05) is 22.0 Å². The third kappa shape index (κ3) is 3.86. The molecule has 0 atom stereocenters. The number of halogens is 2. The van der Waals surface area contributed by atoms with Gasteiger partial charge in [-0.15, -0.1) is 11.3 Å². The van der Waals surface area contributed by atoms with Crippen LogP contribution in [0.2, 0.25) is 0 Å². The van der Waals surface area contributed by atoms with Crippen LogP contribution in [0.15, 0.2) is 28.1 Å². The Bertz CT molecular complexity index is 646. The van der Waals surface area contributed by atoms with Gasteiger partial charge in [-0.25, -0.2) is 9.37 Å². The number of anilines is 1. The van der Waals surface area contributed by atoms with E-state index in [9.17, 15) is 4.39 Å². The van der Waals surface area contributed by atoms with E-state index < -0.39 is 0 Å². The van der Waals surface area contributed by atoms with Crippen LogP contribution in [0.3, 0.4) is 0 Å². The van der Waals surface area contributed by atoms with E-state index in [4.69, 9.17) is 0 Å². The van der Waals surface area contributed by atoms with E-state index in [1.165, 1.54) is 12.1 Å². The molecule has 1 aliphatic rings. The van der Waals surface area contributed by atoms with Crippen LogP contribution in [0.5, 0.6) is 0 Å². The molecule has 2 heterocycles. The first-order valence-corrected chi connectivity index (χ1v) is 9.12. The van der Waals surface area contributed by atoms with Crippen molar-refractivity contribution in [1.82, 2.24) is 9.88 Å². The van der Waals surface area contributed by atoms with Crippen LogP contribution < -0.4 is 4.90 Å². The van der Waals surface area contributed by atoms with Crippen LogP contribution in [0, 0.1) is 12.7 Å². The molecule has 0 unspecified atom stereocenters. The summed E-state index contributed by atoms with van der Waals surface area (Å²) in [4.78, 5) is 9.39. The number of benzene rings is 1. The Morgan fingerprint density at radius 3 is 2.86 bits per heavy atom. The van der Waals surface area contributed by atoms with Gasteiger partial charge in [0, 0.05) is 42.6 Å². The van der Waals surface area contributed by atoms with E-state index in [2.05, 4.69) is 36.1 Å². The summed E-state index contributed by atoms with van der Waals surface area (Å²) in [6.07, 6.45) is 1.12. The minimum Gasteiger partial charge on any atom is -0.347 e. The molecule has 22 heavy (non-hydrogen) atoms. The SMILES string of the molecule is Cc1csc(N2CCCN(Cc3ccc(F)cc3Br)CC2)n1. The highest BCUT2D eigenvalue weighted by Gasteiger charge is 2.18. The van der Waals surface area contributed by atoms with Crippen molar-refractivity contribution >= 4 is 32.4 Å². The molecule has 1 aliphatic heterocycles. The van der Waals surface area contributed by atoms with Crippen LogP contribution in [-0.2, 0) is 6.54 Å². The van der Waals surface area contributed by atoms with Crippen LogP contribution in [-0.4, -0.2) is 36.1 Å². The molecule has 3 nitrogen and oxygen atoms in total. The molecule has 1 saturated heterocycles. The second-order valence-corrected chi connectivity index (χ2v) is 7.31. The smallest absolute Gasteiger partial charge is 0.185 e. The largest absolute Gasteiger partial charge is 0.347 e. The number of thiazole rings is 1. The summed E-state index contributed by atoms with van der Waals surface area (Å²) >= 11 is 5.18. The zero-order valence-corrected chi connectivity index (χ0v) is 15.0. The van der Waals surface area contributed by atoms with Crippen molar-refractivity contribution in [3.8, 4) is 0 Å². The molecule has 0 radical (unpaired) electrons. The Morgan fingerprint density at radius 2 is 2.14 bits per heavy atom. The Kier molecular flexibility index (Phi) is 5.10. The molecular formula is C16H19BrFN3S. The molecular weight excluding hydrogens is 365 g/mol. The maximum atomic E-state index is 13.2. The van der Waals surface area contributed by atoms with Gasteiger partial charge in [-0.05, 0) is 31.0 Å². The molecule has 0 N–H and O–H groups in total. The zero-order chi connectivity index (χ0) is 15.5. The fraction of sp³-hybridized carbons (Fsp3) is 0.438. The molecule has 6 heteroatoms. The molecule has 0 spiro atoms. The lowest BCUT2D eigenvalue weighted by molar-refractivity contribution is 0.285. The van der Waals surface area contributed by atoms with Crippen LogP contribution in [0.25, 0.3) is 0 Å². The van der Waals surface area contributed by atoms with Crippen molar-refractivity contribution in [2.24, 2.45) is 0 Å². The average molecular weight is 384 g/mol. The first kappa shape index (κ1) is 15.9. The lowest BCUT2D eigenvalue weighted by atomic mass is 10.2. The standard InChI is InChI=1S/C16H19BrFN3S/c1-12-11-22-16(19-12)21-6-2-5-20(7-8-21)10-13-3-4-14(18)9-15(13)17/h3-4,9,11H,2,5-8,10H2,1H3. The topological polar surface area (TPSA) is 19.4 Å². The van der Waals surface area contributed by atoms with Crippen molar-refractivity contribution in [2.45, 2.75) is 19.9 Å². The van der Waals surface area contributed by atoms with Crippen molar-refractivity contribution < 1.29 is 4.39 Å². The van der Waals surface area contributed by atoms with Crippen molar-refractivity contribution in [2.75, 3.05) is 31.1 Å². The maximum Gasteiger partial charge on any atom is 0.185 e. The summed E-state index contributed by atoms with van der Waals surface area (Å²) in [7, 11) is 0. The molecule has 0 bridgehead atoms. The molecule has 0 amide bonds. The van der Waals surface area contributed by atoms with Gasteiger partial charge in [0.25, 0.3) is 0 Å². The quantitative estimate of drug-likeness (QED) is 0.796. The number of hydrogen-bond donors (Lipinski definition) is 0. The monoisotopic (exact) mass is 383 g/mol. The average Bonchev–Trinajstić information content (AvgIpc) is 2.78. The molecule has 2 aromatic rings. The summed E-state index contributed by atoms with van der Waals surface area (Å²) in [6, 6.07) is 4.94. The summed E-state index contributed by atoms with van der Waals surface area (Å²) in [5.74, 6) is -0.197. The molecule has 3 rings (SSSR count). The highest BCUT2D eigenvalue weighted by molar-refractivity contribution is 9.10. The van der Waals surface area contributed by atoms with Gasteiger partial charge in [0.2, 0.25) is 0 Å². The normalized spacial score (nSPS) is 16.8. The number of nitrogens with zero attached hydrogens (tertiary/aromatic N) is 3. The van der Waals surface area contributed by atoms with E-state index in [1.807, 2.05) is 13.0 Å². The van der Waals surface area contributed by atoms with Gasteiger partial charge in [0.1, 0.15) is 5.82 Å². The zero-order valence-electron chi connectivity index (χ0n) is 12.6. The lowest BCUT2D eigenvalue weighted by Crippen LogP contribution is -2.30. The van der Waals surface area contributed by atoms with Gasteiger partial charge in [0.05, 0.1) is 5.69 Å². The van der Waals surface area contributed by atoms with Gasteiger partial charge in [-0.3, -0.25) is 4.90 Å². The van der Waals surface area contributed by atoms with Gasteiger partial charge < -0.3 is 4.90 Å². The number of aromatic nitrogens is 1. The van der Waals surface area contributed by atoms with E-state index in [0.717, 1.165) is 60.0 Å². The van der Waals surface area contributed by atoms with Crippen molar-refractivity contribution in [3.63, 3.8) is 0 Å². The van der Waals surface area contributed by atoms with Crippen LogP contribution in [0.1, 0.15) is 17.7 Å². The van der Waals surface area contributed by atoms with Gasteiger partial charge in [0.15, 0.2) is 5.13 Å². The molecule has 1 aromatic carbocycles. The second-order valence-electron chi connectivity index (χ2n) is 5.62. The predicted molar refractivity (Wildman–Crippen MR) is 93.1 cm³/mol. The third-order valence-corrected chi connectivity index (χ3v) is 5.63. The molecule has 118 valence electrons. The van der Waals surface area contributed by atoms with E-state index >= 15 is 0 Å². The highest BCUT2D eigenvalue weighted by atomic mass is 79.9. The fourth-order valence-electron chi connectivity index (χ4n) is 2.70. The molecule has 0 aliphatic carbocycles. The second kappa shape index (κ2) is 7.06. The van der Waals surface area contributed by atoms with E-state index in [0.29, 0.717) is 0 Å². The molecule has 1 aromatic heterocycles. The van der Waals surface area contributed by atoms with Gasteiger partial charge in [-0.2, -0.15) is 0 Å². The first-order chi connectivity index (χ1) is 10.6. The summed E-state index contributed by atoms with van der Waals surface area (Å²) in [5.41, 5.74) is 2.23. The fourth-order valence-corrected chi connectivity index (χ4v) is 4.03. The Morgan fingerprint density at radius 1 is 1.27 bits per heavy atom. The summed E-state index contributed by atoms with van der Waals surface area (Å²) in [6.45, 7) is 6.99. The van der Waals surface area contributed by atoms with Crippen molar-refractivity contribution in [1.29, 1.82) is 0 Å². The van der Waals surface area contributed by atoms with Crippen molar-refractivity contribution in [3.05, 3.63) is 45.1 Å². The first-order valence-electron chi connectivity index (χ1n) is 7.45. The number of hydrogen-bond acceptors (Lipinski definition) is 4. The number of aryl methyl sites for hydroxylation is 1. The van der Waals surface area contributed by atoms with Crippen LogP contribution >= 0.6 is 27.3 Å². The summed E-state index contributed by atoms with van der Waals surface area (Å²) in [5, 5.41) is 3.23. The minimum absolute atomic E-state index is 0.197. The Hall–Kier alpha value is -0.980.